The molecule has 0 spiro atoms. The van der Waals surface area contributed by atoms with E-state index in [4.69, 9.17) is 0 Å². The van der Waals surface area contributed by atoms with E-state index in [1.165, 1.54) is 22.8 Å². The molecule has 32 heavy (non-hydrogen) atoms. The van der Waals surface area contributed by atoms with Gasteiger partial charge in [-0.25, -0.2) is 8.42 Å². The number of nitrogens with one attached hydrogen (secondary N) is 2. The third-order valence-corrected chi connectivity index (χ3v) is 7.40. The molecule has 0 unspecified atom stereocenters. The molecular formula is C23H30N4O4S. The molecule has 1 aromatic heterocycles. The van der Waals surface area contributed by atoms with Crippen molar-refractivity contribution in [3.05, 3.63) is 53.9 Å². The molecule has 1 saturated heterocycles. The summed E-state index contributed by atoms with van der Waals surface area (Å²) < 4.78 is 26.9. The van der Waals surface area contributed by atoms with Crippen LogP contribution in [0.1, 0.15) is 42.6 Å². The maximum Gasteiger partial charge on any atom is 0.251 e. The quantitative estimate of drug-likeness (QED) is 0.663. The SMILES string of the molecule is Cc1cc(C(=O)NCC(C)C)ccc1NC(=O)C1CCN(S(=O)(=O)c2cccnc2)CC1. The Morgan fingerprint density at radius 1 is 1.19 bits per heavy atom. The van der Waals surface area contributed by atoms with Crippen molar-refractivity contribution in [3.8, 4) is 0 Å². The first-order valence-electron chi connectivity index (χ1n) is 10.8. The second kappa shape index (κ2) is 10.2. The smallest absolute Gasteiger partial charge is 0.251 e. The van der Waals surface area contributed by atoms with Gasteiger partial charge in [0.2, 0.25) is 15.9 Å². The highest BCUT2D eigenvalue weighted by Gasteiger charge is 2.32. The van der Waals surface area contributed by atoms with E-state index < -0.39 is 10.0 Å². The third kappa shape index (κ3) is 5.72. The highest BCUT2D eigenvalue weighted by Crippen LogP contribution is 2.25. The summed E-state index contributed by atoms with van der Waals surface area (Å²) in [4.78, 5) is 29.1. The van der Waals surface area contributed by atoms with Crippen LogP contribution in [0.25, 0.3) is 0 Å². The number of rotatable bonds is 7. The van der Waals surface area contributed by atoms with Crippen LogP contribution in [0.2, 0.25) is 0 Å². The average molecular weight is 459 g/mol. The highest BCUT2D eigenvalue weighted by atomic mass is 32.2. The maximum atomic E-state index is 12.8. The van der Waals surface area contributed by atoms with Crippen molar-refractivity contribution in [1.82, 2.24) is 14.6 Å². The van der Waals surface area contributed by atoms with Gasteiger partial charge in [-0.2, -0.15) is 4.31 Å². The Morgan fingerprint density at radius 3 is 2.50 bits per heavy atom. The Hall–Kier alpha value is -2.78. The summed E-state index contributed by atoms with van der Waals surface area (Å²) >= 11 is 0. The average Bonchev–Trinajstić information content (AvgIpc) is 2.79. The molecule has 0 bridgehead atoms. The molecule has 9 heteroatoms. The van der Waals surface area contributed by atoms with E-state index in [9.17, 15) is 18.0 Å². The van der Waals surface area contributed by atoms with Gasteiger partial charge in [-0.3, -0.25) is 14.6 Å². The van der Waals surface area contributed by atoms with Crippen LogP contribution in [0.4, 0.5) is 5.69 Å². The van der Waals surface area contributed by atoms with Gasteiger partial charge in [0.15, 0.2) is 0 Å². The van der Waals surface area contributed by atoms with E-state index in [1.54, 1.807) is 24.3 Å². The van der Waals surface area contributed by atoms with Gasteiger partial charge >= 0.3 is 0 Å². The van der Waals surface area contributed by atoms with E-state index in [0.717, 1.165) is 5.56 Å². The number of anilines is 1. The van der Waals surface area contributed by atoms with Crippen LogP contribution >= 0.6 is 0 Å². The van der Waals surface area contributed by atoms with Gasteiger partial charge in [0.05, 0.1) is 0 Å². The van der Waals surface area contributed by atoms with E-state index in [2.05, 4.69) is 15.6 Å². The maximum absolute atomic E-state index is 12.8. The lowest BCUT2D eigenvalue weighted by Gasteiger charge is -2.30. The number of aromatic nitrogens is 1. The van der Waals surface area contributed by atoms with Crippen molar-refractivity contribution in [2.45, 2.75) is 38.5 Å². The fourth-order valence-electron chi connectivity index (χ4n) is 3.59. The number of amides is 2. The number of hydrogen-bond acceptors (Lipinski definition) is 5. The molecule has 1 aliphatic rings. The molecule has 8 nitrogen and oxygen atoms in total. The number of aryl methyl sites for hydroxylation is 1. The lowest BCUT2D eigenvalue weighted by molar-refractivity contribution is -0.120. The van der Waals surface area contributed by atoms with E-state index in [-0.39, 0.29) is 35.7 Å². The number of piperidine rings is 1. The second-order valence-electron chi connectivity index (χ2n) is 8.49. The van der Waals surface area contributed by atoms with Crippen LogP contribution in [-0.2, 0) is 14.8 Å². The Bertz CT molecular complexity index is 1060. The molecule has 0 radical (unpaired) electrons. The Kier molecular flexibility index (Phi) is 7.63. The summed E-state index contributed by atoms with van der Waals surface area (Å²) in [7, 11) is -3.60. The zero-order valence-corrected chi connectivity index (χ0v) is 19.5. The van der Waals surface area contributed by atoms with Gasteiger partial charge in [0.25, 0.3) is 5.91 Å². The van der Waals surface area contributed by atoms with Crippen LogP contribution in [-0.4, -0.2) is 49.2 Å². The molecule has 0 saturated carbocycles. The zero-order valence-electron chi connectivity index (χ0n) is 18.7. The van der Waals surface area contributed by atoms with Gasteiger partial charge in [0, 0.05) is 49.2 Å². The minimum absolute atomic E-state index is 0.136. The predicted molar refractivity (Wildman–Crippen MR) is 123 cm³/mol. The first-order chi connectivity index (χ1) is 15.2. The molecular weight excluding hydrogens is 428 g/mol. The van der Waals surface area contributed by atoms with E-state index in [0.29, 0.717) is 36.6 Å². The van der Waals surface area contributed by atoms with Crippen LogP contribution < -0.4 is 10.6 Å². The molecule has 1 aliphatic heterocycles. The monoisotopic (exact) mass is 458 g/mol. The summed E-state index contributed by atoms with van der Waals surface area (Å²) in [6.45, 7) is 7.07. The van der Waals surface area contributed by atoms with E-state index >= 15 is 0 Å². The first-order valence-corrected chi connectivity index (χ1v) is 12.2. The largest absolute Gasteiger partial charge is 0.352 e. The zero-order chi connectivity index (χ0) is 23.3. The molecule has 2 heterocycles. The summed E-state index contributed by atoms with van der Waals surface area (Å²) in [5.74, 6) is -0.182. The molecule has 1 aromatic carbocycles. The van der Waals surface area contributed by atoms with Crippen LogP contribution in [0.3, 0.4) is 0 Å². The number of pyridine rings is 1. The molecule has 3 rings (SSSR count). The van der Waals surface area contributed by atoms with Crippen molar-refractivity contribution in [3.63, 3.8) is 0 Å². The first kappa shape index (κ1) is 23.9. The Morgan fingerprint density at radius 2 is 1.91 bits per heavy atom. The number of nitrogens with zero attached hydrogens (tertiary/aromatic N) is 2. The number of carbonyl (C=O) groups excluding carboxylic acids is 2. The molecule has 0 aliphatic carbocycles. The second-order valence-corrected chi connectivity index (χ2v) is 10.4. The molecule has 0 atom stereocenters. The van der Waals surface area contributed by atoms with Crippen molar-refractivity contribution in [2.24, 2.45) is 11.8 Å². The van der Waals surface area contributed by atoms with Gasteiger partial charge in [-0.1, -0.05) is 13.8 Å². The summed E-state index contributed by atoms with van der Waals surface area (Å²) in [6.07, 6.45) is 3.76. The predicted octanol–water partition coefficient (Wildman–Crippen LogP) is 2.82. The van der Waals surface area contributed by atoms with Crippen molar-refractivity contribution >= 4 is 27.5 Å². The van der Waals surface area contributed by atoms with Gasteiger partial charge in [0.1, 0.15) is 4.90 Å². The lowest BCUT2D eigenvalue weighted by atomic mass is 9.97. The topological polar surface area (TPSA) is 108 Å². The minimum atomic E-state index is -3.60. The number of sulfonamides is 1. The van der Waals surface area contributed by atoms with Crippen molar-refractivity contribution in [2.75, 3.05) is 25.0 Å². The standard InChI is InChI=1S/C23H30N4O4S/c1-16(2)14-25-22(28)19-6-7-21(17(3)13-19)26-23(29)18-8-11-27(12-9-18)32(30,31)20-5-4-10-24-15-20/h4-7,10,13,15-16,18H,8-9,11-12,14H2,1-3H3,(H,25,28)(H,26,29). The third-order valence-electron chi connectivity index (χ3n) is 5.51. The summed E-state index contributed by atoms with van der Waals surface area (Å²) in [5.41, 5.74) is 2.00. The Labute approximate surface area is 189 Å². The van der Waals surface area contributed by atoms with Gasteiger partial charge < -0.3 is 10.6 Å². The van der Waals surface area contributed by atoms with Gasteiger partial charge in [-0.15, -0.1) is 0 Å². The highest BCUT2D eigenvalue weighted by molar-refractivity contribution is 7.89. The molecule has 172 valence electrons. The molecule has 2 aromatic rings. The minimum Gasteiger partial charge on any atom is -0.352 e. The number of benzene rings is 1. The van der Waals surface area contributed by atoms with E-state index in [1.807, 2.05) is 20.8 Å². The lowest BCUT2D eigenvalue weighted by Crippen LogP contribution is -2.41. The van der Waals surface area contributed by atoms with Crippen molar-refractivity contribution < 1.29 is 18.0 Å². The fourth-order valence-corrected chi connectivity index (χ4v) is 5.02. The van der Waals surface area contributed by atoms with Crippen LogP contribution in [0, 0.1) is 18.8 Å². The van der Waals surface area contributed by atoms with Crippen LogP contribution in [0.5, 0.6) is 0 Å². The van der Waals surface area contributed by atoms with Gasteiger partial charge in [-0.05, 0) is 61.6 Å². The normalized spacial score (nSPS) is 15.5. The number of carbonyl (C=O) groups is 2. The van der Waals surface area contributed by atoms with Crippen molar-refractivity contribution in [1.29, 1.82) is 0 Å². The number of hydrogen-bond donors (Lipinski definition) is 2. The molecule has 1 fully saturated rings. The molecule has 2 amide bonds. The summed E-state index contributed by atoms with van der Waals surface area (Å²) in [6, 6.07) is 8.31. The fraction of sp³-hybridized carbons (Fsp3) is 0.435. The summed E-state index contributed by atoms with van der Waals surface area (Å²) in [5, 5.41) is 5.81. The van der Waals surface area contributed by atoms with Crippen LogP contribution in [0.15, 0.2) is 47.6 Å². The Balaban J connectivity index is 1.57. The molecule has 2 N–H and O–H groups in total.